The normalized spacial score (nSPS) is 14.7. The molecule has 148 valence electrons. The molecule has 1 aliphatic rings. The number of piperazine rings is 1. The molecule has 2 aromatic rings. The number of aldehydes is 1. The molecule has 2 aromatic carbocycles. The second-order valence-electron chi connectivity index (χ2n) is 7.36. The molecule has 28 heavy (non-hydrogen) atoms. The van der Waals surface area contributed by atoms with Crippen molar-refractivity contribution in [1.29, 1.82) is 0 Å². The number of quaternary nitrogens is 1. The van der Waals surface area contributed by atoms with Gasteiger partial charge in [0.25, 0.3) is 0 Å². The van der Waals surface area contributed by atoms with Crippen LogP contribution < -0.4 is 14.3 Å². The molecule has 1 aliphatic heterocycles. The van der Waals surface area contributed by atoms with Crippen LogP contribution in [0.4, 0.5) is 21.9 Å². The molecule has 0 radical (unpaired) electrons. The van der Waals surface area contributed by atoms with Crippen molar-refractivity contribution in [3.63, 3.8) is 0 Å². The van der Waals surface area contributed by atoms with Crippen LogP contribution in [-0.4, -0.2) is 59.3 Å². The monoisotopic (exact) mass is 382 g/mol. The van der Waals surface area contributed by atoms with E-state index >= 15 is 0 Å². The number of hydrogen-bond donors (Lipinski definition) is 0. The summed E-state index contributed by atoms with van der Waals surface area (Å²) in [5.41, 5.74) is 3.85. The summed E-state index contributed by atoms with van der Waals surface area (Å²) in [6.45, 7) is 5.79. The topological polar surface area (TPSA) is 49.9 Å². The highest BCUT2D eigenvalue weighted by Gasteiger charge is 2.32. The van der Waals surface area contributed by atoms with Crippen LogP contribution in [0.15, 0.2) is 48.5 Å². The maximum absolute atomic E-state index is 12.3. The second kappa shape index (κ2) is 8.44. The summed E-state index contributed by atoms with van der Waals surface area (Å²) >= 11 is 0. The first-order valence-corrected chi connectivity index (χ1v) is 9.62. The van der Waals surface area contributed by atoms with Crippen molar-refractivity contribution in [2.75, 3.05) is 56.7 Å². The smallest absolute Gasteiger partial charge is 0.420 e. The number of anilines is 2. The van der Waals surface area contributed by atoms with Gasteiger partial charge in [0, 0.05) is 49.2 Å². The number of amides is 1. The first kappa shape index (κ1) is 19.9. The Morgan fingerprint density at radius 3 is 2.18 bits per heavy atom. The van der Waals surface area contributed by atoms with Crippen LogP contribution in [0.1, 0.15) is 17.3 Å². The van der Waals surface area contributed by atoms with E-state index in [2.05, 4.69) is 21.9 Å². The number of rotatable bonds is 5. The van der Waals surface area contributed by atoms with Crippen molar-refractivity contribution >= 4 is 29.4 Å². The quantitative estimate of drug-likeness (QED) is 0.585. The van der Waals surface area contributed by atoms with Crippen LogP contribution in [0.3, 0.4) is 0 Å². The third-order valence-electron chi connectivity index (χ3n) is 5.24. The molecule has 0 unspecified atom stereocenters. The lowest BCUT2D eigenvalue weighted by Crippen LogP contribution is -2.48. The summed E-state index contributed by atoms with van der Waals surface area (Å²) in [4.78, 5) is 27.8. The molecule has 3 rings (SSSR count). The van der Waals surface area contributed by atoms with E-state index in [-0.39, 0.29) is 10.6 Å². The summed E-state index contributed by atoms with van der Waals surface area (Å²) < 4.78 is 5.28. The molecule has 0 aliphatic carbocycles. The van der Waals surface area contributed by atoms with E-state index in [0.717, 1.165) is 49.5 Å². The van der Waals surface area contributed by atoms with Crippen LogP contribution in [0.25, 0.3) is 0 Å². The summed E-state index contributed by atoms with van der Waals surface area (Å²) in [6.07, 6.45) is 0.605. The Hall–Kier alpha value is -2.86. The molecule has 0 spiro atoms. The lowest BCUT2D eigenvalue weighted by molar-refractivity contribution is 0.112. The number of ether oxygens (including phenoxy) is 1. The minimum Gasteiger partial charge on any atom is -0.420 e. The van der Waals surface area contributed by atoms with Gasteiger partial charge in [-0.15, -0.1) is 0 Å². The third kappa shape index (κ3) is 4.17. The van der Waals surface area contributed by atoms with Gasteiger partial charge in [-0.1, -0.05) is 6.07 Å². The molecule has 0 saturated carbocycles. The van der Waals surface area contributed by atoms with Crippen LogP contribution in [0, 0.1) is 0 Å². The number of carbonyl (C=O) groups is 2. The second-order valence-corrected chi connectivity index (χ2v) is 7.36. The molecule has 0 aromatic heterocycles. The number of carbonyl (C=O) groups excluding carboxylic acids is 2. The Balaban J connectivity index is 1.69. The van der Waals surface area contributed by atoms with Gasteiger partial charge in [-0.25, -0.2) is 0 Å². The SMILES string of the molecule is CCOC(=O)[N+](C)(C)c1cccc(N2CCN(c3ccc(C=O)cc3)CC2)c1. The van der Waals surface area contributed by atoms with E-state index in [0.29, 0.717) is 12.2 Å². The van der Waals surface area contributed by atoms with Gasteiger partial charge < -0.3 is 14.5 Å². The average molecular weight is 382 g/mol. The van der Waals surface area contributed by atoms with Crippen LogP contribution in [0.2, 0.25) is 0 Å². The predicted octanol–water partition coefficient (Wildman–Crippen LogP) is 3.55. The standard InChI is InChI=1S/C22H28N3O3/c1-4-28-22(27)25(2,3)21-7-5-6-20(16-21)24-14-12-23(13-15-24)19-10-8-18(17-26)9-11-19/h5-11,16-17H,4,12-15H2,1-3H3/q+1. The molecular formula is C22H28N3O3+. The minimum absolute atomic E-state index is 0.0602. The maximum atomic E-state index is 12.3. The molecular weight excluding hydrogens is 354 g/mol. The molecule has 1 heterocycles. The Labute approximate surface area is 166 Å². The van der Waals surface area contributed by atoms with Crippen LogP contribution >= 0.6 is 0 Å². The fourth-order valence-electron chi connectivity index (χ4n) is 3.41. The lowest BCUT2D eigenvalue weighted by Gasteiger charge is -2.37. The van der Waals surface area contributed by atoms with E-state index in [9.17, 15) is 9.59 Å². The highest BCUT2D eigenvalue weighted by Crippen LogP contribution is 2.27. The fourth-order valence-corrected chi connectivity index (χ4v) is 3.41. The van der Waals surface area contributed by atoms with Gasteiger partial charge in [0.1, 0.15) is 12.0 Å². The number of nitrogens with zero attached hydrogens (tertiary/aromatic N) is 3. The van der Waals surface area contributed by atoms with Gasteiger partial charge >= 0.3 is 6.09 Å². The Bertz CT molecular complexity index is 825. The van der Waals surface area contributed by atoms with Crippen molar-refractivity contribution in [3.8, 4) is 0 Å². The summed E-state index contributed by atoms with van der Waals surface area (Å²) in [5.74, 6) is 0. The number of benzene rings is 2. The third-order valence-corrected chi connectivity index (χ3v) is 5.24. The summed E-state index contributed by atoms with van der Waals surface area (Å²) in [6, 6.07) is 15.8. The van der Waals surface area contributed by atoms with Gasteiger partial charge in [-0.3, -0.25) is 4.79 Å². The molecule has 1 fully saturated rings. The highest BCUT2D eigenvalue weighted by atomic mass is 16.6. The van der Waals surface area contributed by atoms with E-state index in [1.54, 1.807) is 0 Å². The predicted molar refractivity (Wildman–Crippen MR) is 113 cm³/mol. The largest absolute Gasteiger partial charge is 0.520 e. The molecule has 0 atom stereocenters. The van der Waals surface area contributed by atoms with Crippen molar-refractivity contribution in [1.82, 2.24) is 4.48 Å². The van der Waals surface area contributed by atoms with Crippen LogP contribution in [0.5, 0.6) is 0 Å². The molecule has 0 N–H and O–H groups in total. The van der Waals surface area contributed by atoms with Crippen LogP contribution in [-0.2, 0) is 4.74 Å². The fraction of sp³-hybridized carbons (Fsp3) is 0.364. The minimum atomic E-state index is -0.261. The molecule has 6 nitrogen and oxygen atoms in total. The summed E-state index contributed by atoms with van der Waals surface area (Å²) in [7, 11) is 3.69. The zero-order valence-corrected chi connectivity index (χ0v) is 16.8. The average Bonchev–Trinajstić information content (AvgIpc) is 2.74. The van der Waals surface area contributed by atoms with Crippen molar-refractivity contribution < 1.29 is 14.3 Å². The van der Waals surface area contributed by atoms with Gasteiger partial charge in [-0.05, 0) is 43.3 Å². The van der Waals surface area contributed by atoms with E-state index in [1.165, 1.54) is 0 Å². The molecule has 0 bridgehead atoms. The van der Waals surface area contributed by atoms with E-state index in [4.69, 9.17) is 4.74 Å². The molecule has 6 heteroatoms. The van der Waals surface area contributed by atoms with Gasteiger partial charge in [-0.2, -0.15) is 9.28 Å². The van der Waals surface area contributed by atoms with Crippen molar-refractivity contribution in [2.24, 2.45) is 0 Å². The highest BCUT2D eigenvalue weighted by molar-refractivity contribution is 5.82. The first-order valence-electron chi connectivity index (χ1n) is 9.62. The maximum Gasteiger partial charge on any atom is 0.520 e. The Kier molecular flexibility index (Phi) is 5.99. The molecule has 1 amide bonds. The van der Waals surface area contributed by atoms with Gasteiger partial charge in [0.2, 0.25) is 0 Å². The lowest BCUT2D eigenvalue weighted by atomic mass is 10.1. The van der Waals surface area contributed by atoms with E-state index < -0.39 is 0 Å². The zero-order valence-electron chi connectivity index (χ0n) is 16.8. The zero-order chi connectivity index (χ0) is 20.1. The van der Waals surface area contributed by atoms with Gasteiger partial charge in [0.05, 0.1) is 20.7 Å². The van der Waals surface area contributed by atoms with Crippen molar-refractivity contribution in [3.05, 3.63) is 54.1 Å². The van der Waals surface area contributed by atoms with Crippen molar-refractivity contribution in [2.45, 2.75) is 6.92 Å². The number of hydrogen-bond acceptors (Lipinski definition) is 5. The summed E-state index contributed by atoms with van der Waals surface area (Å²) in [5, 5.41) is 0. The van der Waals surface area contributed by atoms with Gasteiger partial charge in [0.15, 0.2) is 0 Å². The first-order chi connectivity index (χ1) is 13.5. The Morgan fingerprint density at radius 1 is 1.00 bits per heavy atom. The molecule has 1 saturated heterocycles. The van der Waals surface area contributed by atoms with E-state index in [1.807, 2.05) is 57.4 Å². The Morgan fingerprint density at radius 2 is 1.61 bits per heavy atom.